The van der Waals surface area contributed by atoms with Crippen LogP contribution in [-0.2, 0) is 9.53 Å². The van der Waals surface area contributed by atoms with E-state index in [1.54, 1.807) is 0 Å². The second-order valence-corrected chi connectivity index (χ2v) is 6.25. The van der Waals surface area contributed by atoms with Crippen molar-refractivity contribution in [3.8, 4) is 0 Å². The third-order valence-corrected chi connectivity index (χ3v) is 3.64. The lowest BCUT2D eigenvalue weighted by molar-refractivity contribution is -0.125. The zero-order chi connectivity index (χ0) is 18.2. The summed E-state index contributed by atoms with van der Waals surface area (Å²) in [6.45, 7) is 3.74. The molecule has 132 valence electrons. The quantitative estimate of drug-likeness (QED) is 0.776. The Morgan fingerprint density at radius 3 is 2.44 bits per heavy atom. The molecule has 0 bridgehead atoms. The smallest absolute Gasteiger partial charge is 0.338 e. The first-order chi connectivity index (χ1) is 12.0. The average Bonchev–Trinajstić information content (AvgIpc) is 2.59. The molecule has 4 nitrogen and oxygen atoms in total. The molecule has 1 atom stereocenters. The van der Waals surface area contributed by atoms with E-state index in [0.717, 1.165) is 18.1 Å². The Hall–Kier alpha value is -2.69. The van der Waals surface area contributed by atoms with E-state index >= 15 is 0 Å². The van der Waals surface area contributed by atoms with Gasteiger partial charge in [0.1, 0.15) is 5.82 Å². The zero-order valence-electron chi connectivity index (χ0n) is 14.4. The SMILES string of the molecule is CC(C)C[C@H](NC(=O)COC(=O)c1cccc(F)c1)c1ccccc1. The Kier molecular flexibility index (Phi) is 6.69. The minimum absolute atomic E-state index is 0.0783. The van der Waals surface area contributed by atoms with Gasteiger partial charge >= 0.3 is 5.97 Å². The molecular formula is C20H22FNO3. The molecule has 0 saturated heterocycles. The maximum atomic E-state index is 13.1. The fourth-order valence-electron chi connectivity index (χ4n) is 2.50. The minimum atomic E-state index is -0.727. The van der Waals surface area contributed by atoms with Gasteiger partial charge in [0.05, 0.1) is 11.6 Å². The van der Waals surface area contributed by atoms with Crippen LogP contribution in [0.1, 0.15) is 42.2 Å². The van der Waals surface area contributed by atoms with Crippen molar-refractivity contribution in [3.63, 3.8) is 0 Å². The molecule has 2 aromatic carbocycles. The minimum Gasteiger partial charge on any atom is -0.452 e. The van der Waals surface area contributed by atoms with E-state index in [1.165, 1.54) is 18.2 Å². The van der Waals surface area contributed by atoms with Gasteiger partial charge in [0.25, 0.3) is 5.91 Å². The summed E-state index contributed by atoms with van der Waals surface area (Å²) in [6.07, 6.45) is 0.771. The molecule has 1 amide bonds. The van der Waals surface area contributed by atoms with Gasteiger partial charge in [-0.3, -0.25) is 4.79 Å². The summed E-state index contributed by atoms with van der Waals surface area (Å²) in [5, 5.41) is 2.89. The lowest BCUT2D eigenvalue weighted by Crippen LogP contribution is -2.33. The number of benzene rings is 2. The van der Waals surface area contributed by atoms with Crippen molar-refractivity contribution in [1.82, 2.24) is 5.32 Å². The summed E-state index contributed by atoms with van der Waals surface area (Å²) in [4.78, 5) is 24.0. The normalized spacial score (nSPS) is 11.8. The van der Waals surface area contributed by atoms with Crippen LogP contribution in [0, 0.1) is 11.7 Å². The monoisotopic (exact) mass is 343 g/mol. The van der Waals surface area contributed by atoms with Gasteiger partial charge in [0.15, 0.2) is 6.61 Å². The van der Waals surface area contributed by atoms with Crippen molar-refractivity contribution in [2.75, 3.05) is 6.61 Å². The summed E-state index contributed by atoms with van der Waals surface area (Å²) in [5.74, 6) is -1.26. The highest BCUT2D eigenvalue weighted by Crippen LogP contribution is 2.21. The second-order valence-electron chi connectivity index (χ2n) is 6.25. The van der Waals surface area contributed by atoms with Gasteiger partial charge in [-0.25, -0.2) is 9.18 Å². The van der Waals surface area contributed by atoms with Crippen molar-refractivity contribution in [1.29, 1.82) is 0 Å². The lowest BCUT2D eigenvalue weighted by atomic mass is 9.97. The van der Waals surface area contributed by atoms with Gasteiger partial charge in [-0.1, -0.05) is 50.2 Å². The van der Waals surface area contributed by atoms with Crippen LogP contribution in [0.2, 0.25) is 0 Å². The van der Waals surface area contributed by atoms with E-state index in [4.69, 9.17) is 4.74 Å². The molecule has 0 spiro atoms. The molecule has 0 aliphatic heterocycles. The van der Waals surface area contributed by atoms with Crippen LogP contribution in [0.4, 0.5) is 4.39 Å². The predicted molar refractivity (Wildman–Crippen MR) is 93.5 cm³/mol. The molecule has 1 N–H and O–H groups in total. The highest BCUT2D eigenvalue weighted by atomic mass is 19.1. The first-order valence-electron chi connectivity index (χ1n) is 8.22. The molecule has 0 aromatic heterocycles. The summed E-state index contributed by atoms with van der Waals surface area (Å²) in [5.41, 5.74) is 1.08. The molecule has 0 unspecified atom stereocenters. The second kappa shape index (κ2) is 8.97. The Labute approximate surface area is 147 Å². The first-order valence-corrected chi connectivity index (χ1v) is 8.22. The fourth-order valence-corrected chi connectivity index (χ4v) is 2.50. The van der Waals surface area contributed by atoms with Crippen LogP contribution < -0.4 is 5.32 Å². The Bertz CT molecular complexity index is 716. The Morgan fingerprint density at radius 1 is 1.08 bits per heavy atom. The molecular weight excluding hydrogens is 321 g/mol. The van der Waals surface area contributed by atoms with Crippen LogP contribution >= 0.6 is 0 Å². The molecule has 5 heteroatoms. The number of carbonyl (C=O) groups is 2. The van der Waals surface area contributed by atoms with Crippen molar-refractivity contribution >= 4 is 11.9 Å². The Balaban J connectivity index is 1.93. The van der Waals surface area contributed by atoms with Crippen molar-refractivity contribution in [2.24, 2.45) is 5.92 Å². The zero-order valence-corrected chi connectivity index (χ0v) is 14.4. The topological polar surface area (TPSA) is 55.4 Å². The third kappa shape index (κ3) is 6.03. The van der Waals surface area contributed by atoms with E-state index in [0.29, 0.717) is 5.92 Å². The van der Waals surface area contributed by atoms with E-state index in [1.807, 2.05) is 30.3 Å². The summed E-state index contributed by atoms with van der Waals surface area (Å²) in [6, 6.07) is 14.7. The molecule has 0 radical (unpaired) electrons. The number of halogens is 1. The van der Waals surface area contributed by atoms with Gasteiger partial charge in [-0.2, -0.15) is 0 Å². The predicted octanol–water partition coefficient (Wildman–Crippen LogP) is 3.89. The van der Waals surface area contributed by atoms with Gasteiger partial charge < -0.3 is 10.1 Å². The van der Waals surface area contributed by atoms with Crippen LogP contribution in [0.3, 0.4) is 0 Å². The molecule has 0 aliphatic carbocycles. The number of hydrogen-bond acceptors (Lipinski definition) is 3. The molecule has 0 fully saturated rings. The first kappa shape index (κ1) is 18.6. The molecule has 2 rings (SSSR count). The summed E-state index contributed by atoms with van der Waals surface area (Å²) in [7, 11) is 0. The number of ether oxygens (including phenoxy) is 1. The van der Waals surface area contributed by atoms with Crippen LogP contribution in [0.15, 0.2) is 54.6 Å². The molecule has 0 heterocycles. The average molecular weight is 343 g/mol. The standard InChI is InChI=1S/C20H22FNO3/c1-14(2)11-18(15-7-4-3-5-8-15)22-19(23)13-25-20(24)16-9-6-10-17(21)12-16/h3-10,12,14,18H,11,13H2,1-2H3,(H,22,23)/t18-/m0/s1. The number of amides is 1. The highest BCUT2D eigenvalue weighted by molar-refractivity contribution is 5.91. The molecule has 2 aromatic rings. The third-order valence-electron chi connectivity index (χ3n) is 3.64. The van der Waals surface area contributed by atoms with Crippen LogP contribution in [-0.4, -0.2) is 18.5 Å². The summed E-state index contributed by atoms with van der Waals surface area (Å²) >= 11 is 0. The Morgan fingerprint density at radius 2 is 1.80 bits per heavy atom. The van der Waals surface area contributed by atoms with Gasteiger partial charge in [0.2, 0.25) is 0 Å². The molecule has 0 saturated carbocycles. The highest BCUT2D eigenvalue weighted by Gasteiger charge is 2.17. The van der Waals surface area contributed by atoms with E-state index in [2.05, 4.69) is 19.2 Å². The van der Waals surface area contributed by atoms with Gasteiger partial charge in [-0.05, 0) is 36.1 Å². The van der Waals surface area contributed by atoms with Crippen molar-refractivity contribution < 1.29 is 18.7 Å². The molecule has 25 heavy (non-hydrogen) atoms. The summed E-state index contributed by atoms with van der Waals surface area (Å²) < 4.78 is 18.1. The van der Waals surface area contributed by atoms with Crippen LogP contribution in [0.25, 0.3) is 0 Å². The lowest BCUT2D eigenvalue weighted by Gasteiger charge is -2.21. The number of esters is 1. The maximum Gasteiger partial charge on any atom is 0.338 e. The van der Waals surface area contributed by atoms with E-state index in [9.17, 15) is 14.0 Å². The largest absolute Gasteiger partial charge is 0.452 e. The van der Waals surface area contributed by atoms with E-state index < -0.39 is 18.4 Å². The maximum absolute atomic E-state index is 13.1. The number of hydrogen-bond donors (Lipinski definition) is 1. The van der Waals surface area contributed by atoms with E-state index in [-0.39, 0.29) is 17.5 Å². The van der Waals surface area contributed by atoms with Gasteiger partial charge in [-0.15, -0.1) is 0 Å². The van der Waals surface area contributed by atoms with Crippen LogP contribution in [0.5, 0.6) is 0 Å². The number of nitrogens with one attached hydrogen (secondary N) is 1. The van der Waals surface area contributed by atoms with Crippen molar-refractivity contribution in [3.05, 3.63) is 71.5 Å². The number of rotatable bonds is 7. The number of carbonyl (C=O) groups excluding carboxylic acids is 2. The van der Waals surface area contributed by atoms with Gasteiger partial charge in [0, 0.05) is 0 Å². The van der Waals surface area contributed by atoms with Crippen molar-refractivity contribution in [2.45, 2.75) is 26.3 Å². The fraction of sp³-hybridized carbons (Fsp3) is 0.300. The molecule has 0 aliphatic rings.